The summed E-state index contributed by atoms with van der Waals surface area (Å²) < 4.78 is 24.5. The van der Waals surface area contributed by atoms with Gasteiger partial charge in [-0.05, 0) is 68.6 Å². The maximum absolute atomic E-state index is 11.3. The normalized spacial score (nSPS) is 47.2. The minimum atomic E-state index is -0.751. The summed E-state index contributed by atoms with van der Waals surface area (Å²) in [7, 11) is 0. The van der Waals surface area contributed by atoms with Gasteiger partial charge >= 0.3 is 0 Å². The quantitative estimate of drug-likeness (QED) is 0.517. The zero-order chi connectivity index (χ0) is 22.2. The van der Waals surface area contributed by atoms with Crippen LogP contribution in [0.1, 0.15) is 65.2 Å². The molecule has 4 aliphatic carbocycles. The molecule has 1 N–H and O–H groups in total. The Morgan fingerprint density at radius 3 is 2.41 bits per heavy atom. The first-order chi connectivity index (χ1) is 15.4. The first-order valence-electron chi connectivity index (χ1n) is 12.8. The van der Waals surface area contributed by atoms with Crippen molar-refractivity contribution in [3.8, 4) is 12.3 Å². The summed E-state index contributed by atoms with van der Waals surface area (Å²) in [6, 6.07) is 0. The Kier molecular flexibility index (Phi) is 4.93. The predicted molar refractivity (Wildman–Crippen MR) is 119 cm³/mol. The van der Waals surface area contributed by atoms with Gasteiger partial charge in [-0.15, -0.1) is 6.42 Å². The summed E-state index contributed by atoms with van der Waals surface area (Å²) >= 11 is 0. The molecule has 0 bridgehead atoms. The van der Waals surface area contributed by atoms with Gasteiger partial charge in [0.15, 0.2) is 11.6 Å². The second-order valence-electron chi connectivity index (χ2n) is 11.6. The zero-order valence-electron chi connectivity index (χ0n) is 19.6. The van der Waals surface area contributed by atoms with Gasteiger partial charge in [-0.2, -0.15) is 0 Å². The molecule has 5 nitrogen and oxygen atoms in total. The van der Waals surface area contributed by atoms with E-state index >= 15 is 0 Å². The molecule has 0 aromatic carbocycles. The van der Waals surface area contributed by atoms with Gasteiger partial charge in [-0.25, -0.2) is 0 Å². The van der Waals surface area contributed by atoms with E-state index in [1.54, 1.807) is 5.57 Å². The van der Waals surface area contributed by atoms with Crippen molar-refractivity contribution >= 4 is 0 Å². The summed E-state index contributed by atoms with van der Waals surface area (Å²) in [4.78, 5) is 0. The number of hydrogen-bond acceptors (Lipinski definition) is 5. The van der Waals surface area contributed by atoms with Crippen LogP contribution < -0.4 is 0 Å². The van der Waals surface area contributed by atoms with Gasteiger partial charge in [0.05, 0.1) is 26.4 Å². The molecule has 2 saturated heterocycles. The molecule has 5 heteroatoms. The Balaban J connectivity index is 1.34. The molecular weight excluding hydrogens is 404 g/mol. The van der Waals surface area contributed by atoms with Crippen LogP contribution in [0.3, 0.4) is 0 Å². The Morgan fingerprint density at radius 1 is 0.969 bits per heavy atom. The van der Waals surface area contributed by atoms with E-state index in [-0.39, 0.29) is 22.5 Å². The van der Waals surface area contributed by atoms with E-state index < -0.39 is 11.9 Å². The number of ether oxygens (including phenoxy) is 4. The Labute approximate surface area is 192 Å². The molecule has 6 aliphatic rings. The van der Waals surface area contributed by atoms with Crippen LogP contribution in [-0.4, -0.2) is 49.2 Å². The summed E-state index contributed by atoms with van der Waals surface area (Å²) in [6.07, 6.45) is 15.9. The molecule has 0 aromatic rings. The van der Waals surface area contributed by atoms with Gasteiger partial charge < -0.3 is 24.1 Å². The van der Waals surface area contributed by atoms with Gasteiger partial charge in [0.25, 0.3) is 0 Å². The summed E-state index contributed by atoms with van der Waals surface area (Å²) in [5.74, 6) is 3.48. The van der Waals surface area contributed by atoms with Crippen LogP contribution in [0.4, 0.5) is 0 Å². The highest BCUT2D eigenvalue weighted by Gasteiger charge is 2.67. The van der Waals surface area contributed by atoms with Crippen LogP contribution in [0.2, 0.25) is 0 Å². The summed E-state index contributed by atoms with van der Waals surface area (Å²) in [5, 5.41) is 11.3. The van der Waals surface area contributed by atoms with Gasteiger partial charge in [0.2, 0.25) is 0 Å². The highest BCUT2D eigenvalue weighted by Crippen LogP contribution is 2.69. The number of fused-ring (bicyclic) bond motifs is 5. The molecule has 0 amide bonds. The highest BCUT2D eigenvalue weighted by molar-refractivity contribution is 5.28. The van der Waals surface area contributed by atoms with Crippen molar-refractivity contribution in [1.29, 1.82) is 0 Å². The SMILES string of the molecule is C#CC(O)[C@]12CC[C@H]3[C@@H](CC=C4CC5(CC[C@@]43C)OCCO5)[C@@H]1CC[C@@H]2C1(C)OCCO1. The average Bonchev–Trinajstić information content (AvgIpc) is 3.53. The first-order valence-corrected chi connectivity index (χ1v) is 12.8. The third-order valence-corrected chi connectivity index (χ3v) is 10.7. The van der Waals surface area contributed by atoms with E-state index in [2.05, 4.69) is 25.8 Å². The molecule has 1 spiro atoms. The van der Waals surface area contributed by atoms with Crippen LogP contribution >= 0.6 is 0 Å². The molecule has 3 saturated carbocycles. The maximum Gasteiger partial charge on any atom is 0.172 e. The summed E-state index contributed by atoms with van der Waals surface area (Å²) in [5.41, 5.74) is 1.42. The highest BCUT2D eigenvalue weighted by atomic mass is 16.7. The van der Waals surface area contributed by atoms with Gasteiger partial charge in [-0.1, -0.05) is 24.5 Å². The van der Waals surface area contributed by atoms with Crippen molar-refractivity contribution in [2.75, 3.05) is 26.4 Å². The molecule has 32 heavy (non-hydrogen) atoms. The summed E-state index contributed by atoms with van der Waals surface area (Å²) in [6.45, 7) is 7.25. The van der Waals surface area contributed by atoms with Crippen LogP contribution in [-0.2, 0) is 18.9 Å². The van der Waals surface area contributed by atoms with E-state index in [1.165, 1.54) is 0 Å². The molecule has 176 valence electrons. The van der Waals surface area contributed by atoms with Crippen LogP contribution in [0.15, 0.2) is 11.6 Å². The standard InChI is InChI=1S/C27H38O5/c1-4-23(28)27-10-9-20-19(21(27)7-8-22(27)25(3)29-13-14-30-25)6-5-18-17-26(31-15-16-32-26)12-11-24(18,20)2/h1,5,19-23,28H,6-17H2,2-3H3/t19-,20+,21+,22-,23?,24+,27-/m1/s1. The fraction of sp³-hybridized carbons (Fsp3) is 0.852. The molecule has 6 rings (SSSR count). The second-order valence-corrected chi connectivity index (χ2v) is 11.6. The molecule has 0 aromatic heterocycles. The monoisotopic (exact) mass is 442 g/mol. The Hall–Kier alpha value is -0.900. The number of terminal acetylenes is 1. The van der Waals surface area contributed by atoms with Crippen molar-refractivity contribution in [2.45, 2.75) is 82.9 Å². The van der Waals surface area contributed by atoms with Crippen molar-refractivity contribution in [2.24, 2.45) is 34.5 Å². The predicted octanol–water partition coefficient (Wildman–Crippen LogP) is 4.05. The first kappa shape index (κ1) is 21.6. The smallest absolute Gasteiger partial charge is 0.172 e. The molecule has 5 fully saturated rings. The zero-order valence-corrected chi connectivity index (χ0v) is 19.6. The van der Waals surface area contributed by atoms with Crippen LogP contribution in [0.25, 0.3) is 0 Å². The van der Waals surface area contributed by atoms with E-state index in [0.29, 0.717) is 31.0 Å². The third-order valence-electron chi connectivity index (χ3n) is 10.7. The lowest BCUT2D eigenvalue weighted by atomic mass is 9.45. The molecule has 2 heterocycles. The fourth-order valence-corrected chi connectivity index (χ4v) is 9.24. The van der Waals surface area contributed by atoms with Crippen molar-refractivity contribution in [1.82, 2.24) is 0 Å². The van der Waals surface area contributed by atoms with Gasteiger partial charge in [0, 0.05) is 24.2 Å². The maximum atomic E-state index is 11.3. The van der Waals surface area contributed by atoms with Crippen molar-refractivity contribution < 1.29 is 24.1 Å². The van der Waals surface area contributed by atoms with Crippen molar-refractivity contribution in [3.05, 3.63) is 11.6 Å². The minimum absolute atomic E-state index is 0.141. The van der Waals surface area contributed by atoms with Gasteiger partial charge in [0.1, 0.15) is 6.10 Å². The van der Waals surface area contributed by atoms with E-state index in [0.717, 1.165) is 64.6 Å². The topological polar surface area (TPSA) is 57.2 Å². The number of allylic oxidation sites excluding steroid dienone is 1. The lowest BCUT2D eigenvalue weighted by molar-refractivity contribution is -0.232. The number of aliphatic hydroxyl groups is 1. The lowest BCUT2D eigenvalue weighted by Gasteiger charge is -2.60. The molecule has 0 radical (unpaired) electrons. The van der Waals surface area contributed by atoms with Crippen LogP contribution in [0, 0.1) is 46.8 Å². The van der Waals surface area contributed by atoms with Gasteiger partial charge in [-0.3, -0.25) is 0 Å². The Bertz CT molecular complexity index is 831. The average molecular weight is 443 g/mol. The number of rotatable bonds is 2. The molecule has 1 unspecified atom stereocenters. The largest absolute Gasteiger partial charge is 0.380 e. The molecule has 7 atom stereocenters. The number of aliphatic hydroxyl groups excluding tert-OH is 1. The van der Waals surface area contributed by atoms with Crippen LogP contribution in [0.5, 0.6) is 0 Å². The number of hydrogen-bond donors (Lipinski definition) is 1. The molecule has 2 aliphatic heterocycles. The fourth-order valence-electron chi connectivity index (χ4n) is 9.24. The Morgan fingerprint density at radius 2 is 1.69 bits per heavy atom. The lowest BCUT2D eigenvalue weighted by Crippen LogP contribution is -2.58. The van der Waals surface area contributed by atoms with Crippen molar-refractivity contribution in [3.63, 3.8) is 0 Å². The second kappa shape index (κ2) is 7.30. The minimum Gasteiger partial charge on any atom is -0.380 e. The van der Waals surface area contributed by atoms with E-state index in [9.17, 15) is 5.11 Å². The third kappa shape index (κ3) is 2.77. The van der Waals surface area contributed by atoms with E-state index in [4.69, 9.17) is 25.4 Å². The van der Waals surface area contributed by atoms with E-state index in [1.807, 2.05) is 0 Å². The molecular formula is C27H38O5.